The van der Waals surface area contributed by atoms with Crippen LogP contribution in [0.3, 0.4) is 0 Å². The second-order valence-electron chi connectivity index (χ2n) is 4.53. The number of ether oxygens (including phenoxy) is 1. The van der Waals surface area contributed by atoms with E-state index < -0.39 is 6.61 Å². The quantitative estimate of drug-likeness (QED) is 0.932. The van der Waals surface area contributed by atoms with Gasteiger partial charge < -0.3 is 15.4 Å². The molecule has 0 spiro atoms. The fourth-order valence-electron chi connectivity index (χ4n) is 2.21. The van der Waals surface area contributed by atoms with Gasteiger partial charge in [0.15, 0.2) is 0 Å². The third-order valence-corrected chi connectivity index (χ3v) is 3.08. The molecule has 1 saturated heterocycles. The van der Waals surface area contributed by atoms with Crippen molar-refractivity contribution in [3.05, 3.63) is 29.8 Å². The lowest BCUT2D eigenvalue weighted by Crippen LogP contribution is -2.45. The Kier molecular flexibility index (Phi) is 6.16. The van der Waals surface area contributed by atoms with Gasteiger partial charge in [-0.1, -0.05) is 12.1 Å². The molecule has 4 nitrogen and oxygen atoms in total. The van der Waals surface area contributed by atoms with Crippen LogP contribution in [-0.4, -0.2) is 36.5 Å². The maximum Gasteiger partial charge on any atom is 0.387 e. The molecule has 0 aliphatic carbocycles. The van der Waals surface area contributed by atoms with Crippen molar-refractivity contribution in [2.75, 3.05) is 13.1 Å². The Bertz CT molecular complexity index is 460. The first-order valence-electron chi connectivity index (χ1n) is 6.16. The summed E-state index contributed by atoms with van der Waals surface area (Å²) in [6, 6.07) is 5.97. The van der Waals surface area contributed by atoms with Crippen molar-refractivity contribution in [1.82, 2.24) is 4.90 Å². The van der Waals surface area contributed by atoms with Crippen molar-refractivity contribution in [1.29, 1.82) is 0 Å². The first kappa shape index (κ1) is 16.7. The second kappa shape index (κ2) is 7.40. The van der Waals surface area contributed by atoms with Gasteiger partial charge in [0, 0.05) is 19.1 Å². The number of alkyl halides is 2. The highest BCUT2D eigenvalue weighted by atomic mass is 35.5. The summed E-state index contributed by atoms with van der Waals surface area (Å²) < 4.78 is 29.0. The number of likely N-dealkylation sites (tertiary alicyclic amines) is 1. The molecule has 0 bridgehead atoms. The molecule has 7 heteroatoms. The number of piperidine rings is 1. The van der Waals surface area contributed by atoms with E-state index in [9.17, 15) is 13.6 Å². The summed E-state index contributed by atoms with van der Waals surface area (Å²) >= 11 is 0. The lowest BCUT2D eigenvalue weighted by molar-refractivity contribution is -0.0503. The Morgan fingerprint density at radius 3 is 2.75 bits per heavy atom. The van der Waals surface area contributed by atoms with Crippen LogP contribution in [0.2, 0.25) is 0 Å². The van der Waals surface area contributed by atoms with Crippen LogP contribution < -0.4 is 10.5 Å². The number of benzene rings is 1. The van der Waals surface area contributed by atoms with Gasteiger partial charge in [-0.15, -0.1) is 12.4 Å². The molecule has 1 aromatic rings. The SMILES string of the molecule is Cl.N[C@H]1CCCN(C(=O)c2ccccc2OC(F)F)C1. The van der Waals surface area contributed by atoms with Crippen molar-refractivity contribution in [3.8, 4) is 5.75 Å². The van der Waals surface area contributed by atoms with E-state index in [0.717, 1.165) is 12.8 Å². The van der Waals surface area contributed by atoms with Crippen LogP contribution in [0.15, 0.2) is 24.3 Å². The van der Waals surface area contributed by atoms with Crippen molar-refractivity contribution >= 4 is 18.3 Å². The number of rotatable bonds is 3. The minimum atomic E-state index is -2.95. The Morgan fingerprint density at radius 1 is 1.40 bits per heavy atom. The molecule has 1 heterocycles. The van der Waals surface area contributed by atoms with Crippen LogP contribution in [0.5, 0.6) is 5.75 Å². The van der Waals surface area contributed by atoms with Gasteiger partial charge in [-0.2, -0.15) is 8.78 Å². The van der Waals surface area contributed by atoms with Gasteiger partial charge in [0.1, 0.15) is 5.75 Å². The van der Waals surface area contributed by atoms with E-state index in [4.69, 9.17) is 5.73 Å². The molecule has 1 aliphatic heterocycles. The van der Waals surface area contributed by atoms with Crippen LogP contribution in [0, 0.1) is 0 Å². The highest BCUT2D eigenvalue weighted by molar-refractivity contribution is 5.97. The average Bonchev–Trinajstić information content (AvgIpc) is 2.38. The topological polar surface area (TPSA) is 55.6 Å². The predicted molar refractivity (Wildman–Crippen MR) is 73.4 cm³/mol. The molecule has 1 fully saturated rings. The van der Waals surface area contributed by atoms with E-state index in [2.05, 4.69) is 4.74 Å². The van der Waals surface area contributed by atoms with Crippen molar-refractivity contribution in [3.63, 3.8) is 0 Å². The molecule has 0 radical (unpaired) electrons. The summed E-state index contributed by atoms with van der Waals surface area (Å²) in [6.07, 6.45) is 1.70. The number of amides is 1. The van der Waals surface area contributed by atoms with Gasteiger partial charge in [-0.25, -0.2) is 0 Å². The zero-order valence-corrected chi connectivity index (χ0v) is 11.6. The molecule has 112 valence electrons. The van der Waals surface area contributed by atoms with Gasteiger partial charge in [-0.05, 0) is 25.0 Å². The van der Waals surface area contributed by atoms with E-state index in [-0.39, 0.29) is 35.7 Å². The number of nitrogens with zero attached hydrogens (tertiary/aromatic N) is 1. The summed E-state index contributed by atoms with van der Waals surface area (Å²) in [5.41, 5.74) is 5.96. The molecule has 2 rings (SSSR count). The largest absolute Gasteiger partial charge is 0.434 e. The van der Waals surface area contributed by atoms with Gasteiger partial charge in [-0.3, -0.25) is 4.79 Å². The smallest absolute Gasteiger partial charge is 0.387 e. The van der Waals surface area contributed by atoms with Gasteiger partial charge in [0.05, 0.1) is 5.56 Å². The number of nitrogens with two attached hydrogens (primary N) is 1. The molecule has 2 N–H and O–H groups in total. The normalized spacial score (nSPS) is 18.6. The van der Waals surface area contributed by atoms with Crippen molar-refractivity contribution in [2.24, 2.45) is 5.73 Å². The first-order chi connectivity index (χ1) is 9.08. The molecule has 1 aromatic carbocycles. The zero-order chi connectivity index (χ0) is 13.8. The van der Waals surface area contributed by atoms with Gasteiger partial charge in [0.25, 0.3) is 5.91 Å². The molecule has 0 unspecified atom stereocenters. The summed E-state index contributed by atoms with van der Waals surface area (Å²) in [5, 5.41) is 0. The van der Waals surface area contributed by atoms with E-state index in [1.807, 2.05) is 0 Å². The van der Waals surface area contributed by atoms with E-state index in [1.54, 1.807) is 17.0 Å². The van der Waals surface area contributed by atoms with Crippen LogP contribution in [-0.2, 0) is 0 Å². The van der Waals surface area contributed by atoms with Crippen molar-refractivity contribution in [2.45, 2.75) is 25.5 Å². The third-order valence-electron chi connectivity index (χ3n) is 3.08. The Labute approximate surface area is 122 Å². The number of carbonyl (C=O) groups is 1. The van der Waals surface area contributed by atoms with Crippen LogP contribution in [0.4, 0.5) is 8.78 Å². The summed E-state index contributed by atoms with van der Waals surface area (Å²) in [6.45, 7) is -1.91. The van der Waals surface area contributed by atoms with Gasteiger partial charge >= 0.3 is 6.61 Å². The fourth-order valence-corrected chi connectivity index (χ4v) is 2.21. The number of carbonyl (C=O) groups excluding carboxylic acids is 1. The molecule has 1 amide bonds. The summed E-state index contributed by atoms with van der Waals surface area (Å²) in [5.74, 6) is -0.409. The Balaban J connectivity index is 0.00000200. The maximum atomic E-state index is 12.3. The fraction of sp³-hybridized carbons (Fsp3) is 0.462. The van der Waals surface area contributed by atoms with Gasteiger partial charge in [0.2, 0.25) is 0 Å². The summed E-state index contributed by atoms with van der Waals surface area (Å²) in [7, 11) is 0. The van der Waals surface area contributed by atoms with Crippen molar-refractivity contribution < 1.29 is 18.3 Å². The standard InChI is InChI=1S/C13H16F2N2O2.ClH/c14-13(15)19-11-6-2-1-5-10(11)12(18)17-7-3-4-9(16)8-17;/h1-2,5-6,9,13H,3-4,7-8,16H2;1H/t9-;/m0./s1. The Hall–Kier alpha value is -1.40. The highest BCUT2D eigenvalue weighted by Gasteiger charge is 2.25. The minimum Gasteiger partial charge on any atom is -0.434 e. The highest BCUT2D eigenvalue weighted by Crippen LogP contribution is 2.23. The Morgan fingerprint density at radius 2 is 2.10 bits per heavy atom. The molecule has 0 saturated carbocycles. The van der Waals surface area contributed by atoms with E-state index in [1.165, 1.54) is 12.1 Å². The number of hydrogen-bond acceptors (Lipinski definition) is 3. The zero-order valence-electron chi connectivity index (χ0n) is 10.8. The van der Waals surface area contributed by atoms with E-state index in [0.29, 0.717) is 13.1 Å². The lowest BCUT2D eigenvalue weighted by Gasteiger charge is -2.31. The first-order valence-corrected chi connectivity index (χ1v) is 6.16. The maximum absolute atomic E-state index is 12.3. The monoisotopic (exact) mass is 306 g/mol. The molecule has 0 aromatic heterocycles. The predicted octanol–water partition coefficient (Wildman–Crippen LogP) is 2.27. The number of hydrogen-bond donors (Lipinski definition) is 1. The number of halogens is 3. The molecule has 1 aliphatic rings. The minimum absolute atomic E-state index is 0. The molecule has 20 heavy (non-hydrogen) atoms. The molecular weight excluding hydrogens is 290 g/mol. The van der Waals surface area contributed by atoms with Crippen LogP contribution in [0.25, 0.3) is 0 Å². The third kappa shape index (κ3) is 4.05. The van der Waals surface area contributed by atoms with Crippen LogP contribution in [0.1, 0.15) is 23.2 Å². The molecular formula is C13H17ClF2N2O2. The lowest BCUT2D eigenvalue weighted by atomic mass is 10.0. The van der Waals surface area contributed by atoms with E-state index >= 15 is 0 Å². The second-order valence-corrected chi connectivity index (χ2v) is 4.53. The average molecular weight is 307 g/mol. The number of para-hydroxylation sites is 1. The molecule has 1 atom stereocenters. The van der Waals surface area contributed by atoms with Crippen LogP contribution >= 0.6 is 12.4 Å². The summed E-state index contributed by atoms with van der Waals surface area (Å²) in [4.78, 5) is 13.9.